The summed E-state index contributed by atoms with van der Waals surface area (Å²) in [5, 5.41) is 12.0. The molecule has 1 fully saturated rings. The van der Waals surface area contributed by atoms with Gasteiger partial charge in [0.05, 0.1) is 13.0 Å². The molecule has 0 unspecified atom stereocenters. The van der Waals surface area contributed by atoms with Crippen molar-refractivity contribution < 1.29 is 28.2 Å². The van der Waals surface area contributed by atoms with Gasteiger partial charge >= 0.3 is 11.9 Å². The van der Waals surface area contributed by atoms with Gasteiger partial charge in [-0.05, 0) is 24.1 Å². The highest BCUT2D eigenvalue weighted by atomic mass is 19.2. The lowest BCUT2D eigenvalue weighted by Crippen LogP contribution is -2.33. The zero-order valence-corrected chi connectivity index (χ0v) is 10.6. The number of carboxylic acids is 1. The number of carbonyl (C=O) groups is 2. The number of hydrogen-bond acceptors (Lipinski definition) is 4. The maximum atomic E-state index is 13.2. The zero-order valence-electron chi connectivity index (χ0n) is 10.6. The number of ether oxygens (including phenoxy) is 1. The van der Waals surface area contributed by atoms with Crippen LogP contribution in [0.25, 0.3) is 0 Å². The van der Waals surface area contributed by atoms with Crippen molar-refractivity contribution in [1.29, 1.82) is 0 Å². The molecule has 3 atom stereocenters. The molecule has 0 radical (unpaired) electrons. The van der Waals surface area contributed by atoms with Gasteiger partial charge in [0.1, 0.15) is 6.04 Å². The number of methoxy groups -OCH3 is 1. The molecule has 20 heavy (non-hydrogen) atoms. The number of benzene rings is 1. The second-order valence-electron chi connectivity index (χ2n) is 4.57. The Morgan fingerprint density at radius 1 is 1.35 bits per heavy atom. The maximum Gasteiger partial charge on any atom is 0.322 e. The van der Waals surface area contributed by atoms with Gasteiger partial charge in [-0.2, -0.15) is 0 Å². The molecule has 0 aromatic heterocycles. The monoisotopic (exact) mass is 285 g/mol. The Bertz CT molecular complexity index is 549. The van der Waals surface area contributed by atoms with Crippen molar-refractivity contribution in [2.45, 2.75) is 18.5 Å². The summed E-state index contributed by atoms with van der Waals surface area (Å²) in [6.45, 7) is 0. The second-order valence-corrected chi connectivity index (χ2v) is 4.57. The fourth-order valence-electron chi connectivity index (χ4n) is 2.38. The van der Waals surface area contributed by atoms with Crippen LogP contribution in [0.1, 0.15) is 18.0 Å². The molecule has 108 valence electrons. The number of halogens is 2. The Labute approximate surface area is 113 Å². The first-order valence-corrected chi connectivity index (χ1v) is 5.95. The molecule has 5 nitrogen and oxygen atoms in total. The van der Waals surface area contributed by atoms with Gasteiger partial charge in [0.2, 0.25) is 0 Å². The van der Waals surface area contributed by atoms with Crippen molar-refractivity contribution in [2.75, 3.05) is 7.11 Å². The number of rotatable bonds is 3. The van der Waals surface area contributed by atoms with E-state index in [0.29, 0.717) is 0 Å². The van der Waals surface area contributed by atoms with Gasteiger partial charge in [0.15, 0.2) is 11.6 Å². The zero-order chi connectivity index (χ0) is 14.9. The molecule has 1 saturated heterocycles. The van der Waals surface area contributed by atoms with Gasteiger partial charge in [-0.15, -0.1) is 0 Å². The van der Waals surface area contributed by atoms with E-state index in [1.807, 2.05) is 0 Å². The third-order valence-electron chi connectivity index (χ3n) is 3.38. The topological polar surface area (TPSA) is 75.6 Å². The van der Waals surface area contributed by atoms with E-state index in [0.717, 1.165) is 12.1 Å². The quantitative estimate of drug-likeness (QED) is 0.817. The first-order chi connectivity index (χ1) is 9.43. The Hall–Kier alpha value is -2.02. The number of hydrogen-bond donors (Lipinski definition) is 2. The second kappa shape index (κ2) is 5.54. The highest BCUT2D eigenvalue weighted by Crippen LogP contribution is 2.33. The minimum Gasteiger partial charge on any atom is -0.481 e. The van der Waals surface area contributed by atoms with Crippen LogP contribution >= 0.6 is 0 Å². The van der Waals surface area contributed by atoms with Crippen LogP contribution in [-0.2, 0) is 14.3 Å². The van der Waals surface area contributed by atoms with Crippen LogP contribution in [0, 0.1) is 17.6 Å². The average molecular weight is 285 g/mol. The van der Waals surface area contributed by atoms with Crippen molar-refractivity contribution in [2.24, 2.45) is 5.92 Å². The van der Waals surface area contributed by atoms with E-state index in [-0.39, 0.29) is 12.0 Å². The minimum atomic E-state index is -1.11. The Kier molecular flexibility index (Phi) is 3.99. The Morgan fingerprint density at radius 3 is 2.60 bits per heavy atom. The summed E-state index contributed by atoms with van der Waals surface area (Å²) in [5.41, 5.74) is 0.280. The molecule has 0 spiro atoms. The summed E-state index contributed by atoms with van der Waals surface area (Å²) < 4.78 is 30.7. The summed E-state index contributed by atoms with van der Waals surface area (Å²) in [5.74, 6) is -4.68. The fraction of sp³-hybridized carbons (Fsp3) is 0.385. The number of esters is 1. The van der Waals surface area contributed by atoms with E-state index in [1.165, 1.54) is 13.2 Å². The molecule has 1 aliphatic rings. The number of aliphatic carboxylic acids is 1. The van der Waals surface area contributed by atoms with Gasteiger partial charge in [0, 0.05) is 6.04 Å². The molecule has 2 rings (SSSR count). The first kappa shape index (κ1) is 14.4. The molecule has 0 aliphatic carbocycles. The van der Waals surface area contributed by atoms with Gasteiger partial charge in [0.25, 0.3) is 0 Å². The fourth-order valence-corrected chi connectivity index (χ4v) is 2.38. The van der Waals surface area contributed by atoms with E-state index in [9.17, 15) is 23.5 Å². The van der Waals surface area contributed by atoms with Crippen LogP contribution < -0.4 is 5.32 Å². The lowest BCUT2D eigenvalue weighted by atomic mass is 9.93. The molecular formula is C13H13F2NO4. The maximum absolute atomic E-state index is 13.2. The molecular weight excluding hydrogens is 272 g/mol. The summed E-state index contributed by atoms with van der Waals surface area (Å²) in [4.78, 5) is 22.7. The van der Waals surface area contributed by atoms with Crippen LogP contribution in [0.15, 0.2) is 18.2 Å². The van der Waals surface area contributed by atoms with Crippen LogP contribution in [0.2, 0.25) is 0 Å². The van der Waals surface area contributed by atoms with E-state index in [1.54, 1.807) is 0 Å². The molecule has 7 heteroatoms. The van der Waals surface area contributed by atoms with Crippen molar-refractivity contribution in [3.63, 3.8) is 0 Å². The molecule has 1 aromatic carbocycles. The molecule has 2 N–H and O–H groups in total. The Morgan fingerprint density at radius 2 is 2.05 bits per heavy atom. The van der Waals surface area contributed by atoms with E-state index < -0.39 is 41.6 Å². The van der Waals surface area contributed by atoms with Crippen LogP contribution in [0.3, 0.4) is 0 Å². The normalized spacial score (nSPS) is 25.4. The third-order valence-corrected chi connectivity index (χ3v) is 3.38. The number of carboxylic acid groups (broad SMARTS) is 1. The number of carbonyl (C=O) groups excluding carboxylic acids is 1. The smallest absolute Gasteiger partial charge is 0.322 e. The highest BCUT2D eigenvalue weighted by Gasteiger charge is 2.42. The first-order valence-electron chi connectivity index (χ1n) is 5.95. The summed E-state index contributed by atoms with van der Waals surface area (Å²) in [6, 6.07) is 1.61. The van der Waals surface area contributed by atoms with Gasteiger partial charge in [-0.1, -0.05) is 6.07 Å². The summed E-state index contributed by atoms with van der Waals surface area (Å²) in [6.07, 6.45) is 0.0334. The molecule has 0 amide bonds. The van der Waals surface area contributed by atoms with E-state index in [4.69, 9.17) is 0 Å². The summed E-state index contributed by atoms with van der Waals surface area (Å²) >= 11 is 0. The van der Waals surface area contributed by atoms with Crippen molar-refractivity contribution in [3.05, 3.63) is 35.4 Å². The predicted octanol–water partition coefficient (Wildman–Crippen LogP) is 1.24. The van der Waals surface area contributed by atoms with Gasteiger partial charge < -0.3 is 9.84 Å². The van der Waals surface area contributed by atoms with Gasteiger partial charge in [-0.3, -0.25) is 14.9 Å². The lowest BCUT2D eigenvalue weighted by molar-refractivity contribution is -0.143. The van der Waals surface area contributed by atoms with Crippen molar-refractivity contribution >= 4 is 11.9 Å². The van der Waals surface area contributed by atoms with E-state index >= 15 is 0 Å². The third kappa shape index (κ3) is 2.62. The standard InChI is InChI=1S/C13H13F2NO4/c1-20-13(19)10-5-7(12(17)18)11(16-10)6-2-3-8(14)9(15)4-6/h2-4,7,10-11,16H,5H2,1H3,(H,17,18)/t7-,10+,11+/m1/s1. The largest absolute Gasteiger partial charge is 0.481 e. The van der Waals surface area contributed by atoms with Crippen LogP contribution in [-0.4, -0.2) is 30.2 Å². The minimum absolute atomic E-state index is 0.0334. The Balaban J connectivity index is 2.30. The van der Waals surface area contributed by atoms with Crippen molar-refractivity contribution in [1.82, 2.24) is 5.32 Å². The molecule has 0 saturated carbocycles. The predicted molar refractivity (Wildman–Crippen MR) is 63.8 cm³/mol. The highest BCUT2D eigenvalue weighted by molar-refractivity contribution is 5.79. The molecule has 1 aliphatic heterocycles. The van der Waals surface area contributed by atoms with Crippen LogP contribution in [0.4, 0.5) is 8.78 Å². The number of nitrogens with one attached hydrogen (secondary N) is 1. The van der Waals surface area contributed by atoms with Gasteiger partial charge in [-0.25, -0.2) is 8.78 Å². The molecule has 1 heterocycles. The SMILES string of the molecule is COC(=O)[C@@H]1C[C@@H](C(=O)O)[C@H](c2ccc(F)c(F)c2)N1. The van der Waals surface area contributed by atoms with Crippen LogP contribution in [0.5, 0.6) is 0 Å². The summed E-state index contributed by atoms with van der Waals surface area (Å²) in [7, 11) is 1.20. The molecule has 0 bridgehead atoms. The average Bonchev–Trinajstić information content (AvgIpc) is 2.86. The molecule has 1 aromatic rings. The van der Waals surface area contributed by atoms with E-state index in [2.05, 4.69) is 10.1 Å². The van der Waals surface area contributed by atoms with Crippen molar-refractivity contribution in [3.8, 4) is 0 Å². The lowest BCUT2D eigenvalue weighted by Gasteiger charge is -2.16.